The maximum Gasteiger partial charge on any atom is 0.404 e. The SMILES string of the molecule is COC(CCNC(=O)O)c1ccc(Cl)c(Cl)c1. The van der Waals surface area contributed by atoms with Crippen molar-refractivity contribution < 1.29 is 14.6 Å². The van der Waals surface area contributed by atoms with Crippen LogP contribution in [0.15, 0.2) is 18.2 Å². The second-order valence-electron chi connectivity index (χ2n) is 3.42. The van der Waals surface area contributed by atoms with Crippen LogP contribution in [0.4, 0.5) is 4.79 Å². The molecule has 0 aliphatic carbocycles. The number of methoxy groups -OCH3 is 1. The molecule has 0 saturated carbocycles. The van der Waals surface area contributed by atoms with E-state index in [1.807, 2.05) is 6.07 Å². The molecule has 0 fully saturated rings. The van der Waals surface area contributed by atoms with Crippen molar-refractivity contribution >= 4 is 29.3 Å². The monoisotopic (exact) mass is 277 g/mol. The Morgan fingerprint density at radius 1 is 1.47 bits per heavy atom. The minimum atomic E-state index is -1.05. The number of nitrogens with one attached hydrogen (secondary N) is 1. The maximum absolute atomic E-state index is 10.3. The number of carboxylic acid groups (broad SMARTS) is 1. The molecule has 0 aliphatic heterocycles. The van der Waals surface area contributed by atoms with Gasteiger partial charge in [-0.15, -0.1) is 0 Å². The minimum absolute atomic E-state index is 0.211. The van der Waals surface area contributed by atoms with Gasteiger partial charge in [0, 0.05) is 13.7 Å². The lowest BCUT2D eigenvalue weighted by Gasteiger charge is -2.16. The summed E-state index contributed by atoms with van der Waals surface area (Å²) < 4.78 is 5.28. The van der Waals surface area contributed by atoms with Gasteiger partial charge in [0.2, 0.25) is 0 Å². The summed E-state index contributed by atoms with van der Waals surface area (Å²) >= 11 is 11.7. The summed E-state index contributed by atoms with van der Waals surface area (Å²) in [6, 6.07) is 5.22. The maximum atomic E-state index is 10.3. The number of benzene rings is 1. The van der Waals surface area contributed by atoms with E-state index in [9.17, 15) is 4.79 Å². The van der Waals surface area contributed by atoms with Crippen molar-refractivity contribution in [1.82, 2.24) is 5.32 Å². The van der Waals surface area contributed by atoms with E-state index in [1.165, 1.54) is 0 Å². The van der Waals surface area contributed by atoms with E-state index in [0.29, 0.717) is 23.0 Å². The van der Waals surface area contributed by atoms with Crippen LogP contribution in [0.25, 0.3) is 0 Å². The van der Waals surface area contributed by atoms with Crippen LogP contribution < -0.4 is 5.32 Å². The highest BCUT2D eigenvalue weighted by molar-refractivity contribution is 6.42. The zero-order valence-corrected chi connectivity index (χ0v) is 10.8. The molecule has 1 atom stereocenters. The van der Waals surface area contributed by atoms with Gasteiger partial charge in [-0.2, -0.15) is 0 Å². The number of hydrogen-bond acceptors (Lipinski definition) is 2. The lowest BCUT2D eigenvalue weighted by atomic mass is 10.1. The summed E-state index contributed by atoms with van der Waals surface area (Å²) in [5.41, 5.74) is 0.870. The summed E-state index contributed by atoms with van der Waals surface area (Å²) in [5, 5.41) is 11.7. The quantitative estimate of drug-likeness (QED) is 0.868. The van der Waals surface area contributed by atoms with Crippen LogP contribution in [0.3, 0.4) is 0 Å². The number of rotatable bonds is 5. The summed E-state index contributed by atoms with van der Waals surface area (Å²) in [6.07, 6.45) is -0.730. The fourth-order valence-electron chi connectivity index (χ4n) is 1.44. The molecule has 0 bridgehead atoms. The van der Waals surface area contributed by atoms with Gasteiger partial charge < -0.3 is 15.2 Å². The normalized spacial score (nSPS) is 12.2. The zero-order chi connectivity index (χ0) is 12.8. The lowest BCUT2D eigenvalue weighted by Crippen LogP contribution is -2.23. The Kier molecular flexibility index (Phi) is 5.55. The van der Waals surface area contributed by atoms with E-state index in [2.05, 4.69) is 5.32 Å². The molecule has 1 aromatic carbocycles. The zero-order valence-electron chi connectivity index (χ0n) is 9.24. The van der Waals surface area contributed by atoms with Gasteiger partial charge >= 0.3 is 6.09 Å². The first-order valence-electron chi connectivity index (χ1n) is 4.99. The molecule has 4 nitrogen and oxygen atoms in total. The lowest BCUT2D eigenvalue weighted by molar-refractivity contribution is 0.0953. The molecular formula is C11H13Cl2NO3. The average molecular weight is 278 g/mol. The predicted molar refractivity (Wildman–Crippen MR) is 66.9 cm³/mol. The van der Waals surface area contributed by atoms with Gasteiger partial charge in [-0.3, -0.25) is 0 Å². The molecular weight excluding hydrogens is 265 g/mol. The molecule has 6 heteroatoms. The van der Waals surface area contributed by atoms with Crippen molar-refractivity contribution in [2.75, 3.05) is 13.7 Å². The molecule has 0 aromatic heterocycles. The average Bonchev–Trinajstić information content (AvgIpc) is 2.28. The number of hydrogen-bond donors (Lipinski definition) is 2. The van der Waals surface area contributed by atoms with Crippen molar-refractivity contribution in [3.8, 4) is 0 Å². The Morgan fingerprint density at radius 2 is 2.18 bits per heavy atom. The molecule has 0 radical (unpaired) electrons. The topological polar surface area (TPSA) is 58.6 Å². The second kappa shape index (κ2) is 6.69. The number of carbonyl (C=O) groups is 1. The summed E-state index contributed by atoms with van der Waals surface area (Å²) in [7, 11) is 1.56. The molecule has 0 aliphatic rings. The van der Waals surface area contributed by atoms with E-state index in [0.717, 1.165) is 5.56 Å². The van der Waals surface area contributed by atoms with E-state index in [4.69, 9.17) is 33.0 Å². The van der Waals surface area contributed by atoms with E-state index >= 15 is 0 Å². The van der Waals surface area contributed by atoms with Gasteiger partial charge in [-0.25, -0.2) is 4.79 Å². The summed E-state index contributed by atoms with van der Waals surface area (Å²) in [6.45, 7) is 0.314. The third-order valence-corrected chi connectivity index (χ3v) is 3.02. The predicted octanol–water partition coefficient (Wildman–Crippen LogP) is 3.34. The van der Waals surface area contributed by atoms with Crippen LogP contribution in [0, 0.1) is 0 Å². The largest absolute Gasteiger partial charge is 0.465 e. The summed E-state index contributed by atoms with van der Waals surface area (Å²) in [4.78, 5) is 10.3. The van der Waals surface area contributed by atoms with Crippen molar-refractivity contribution in [2.45, 2.75) is 12.5 Å². The molecule has 94 valence electrons. The smallest absolute Gasteiger partial charge is 0.404 e. The van der Waals surface area contributed by atoms with Crippen molar-refractivity contribution in [1.29, 1.82) is 0 Å². The van der Waals surface area contributed by atoms with E-state index < -0.39 is 6.09 Å². The van der Waals surface area contributed by atoms with Crippen LogP contribution in [-0.4, -0.2) is 24.9 Å². The van der Waals surface area contributed by atoms with Gasteiger partial charge in [0.25, 0.3) is 0 Å². The minimum Gasteiger partial charge on any atom is -0.465 e. The highest BCUT2D eigenvalue weighted by Crippen LogP contribution is 2.28. The van der Waals surface area contributed by atoms with Crippen LogP contribution in [0.2, 0.25) is 10.0 Å². The number of halogens is 2. The number of amides is 1. The Morgan fingerprint density at radius 3 is 2.71 bits per heavy atom. The molecule has 1 unspecified atom stereocenters. The molecule has 17 heavy (non-hydrogen) atoms. The fraction of sp³-hybridized carbons (Fsp3) is 0.364. The Hall–Kier alpha value is -0.970. The van der Waals surface area contributed by atoms with Gasteiger partial charge in [0.05, 0.1) is 16.1 Å². The third kappa shape index (κ3) is 4.42. The molecule has 1 amide bonds. The molecule has 0 saturated heterocycles. The highest BCUT2D eigenvalue weighted by Gasteiger charge is 2.12. The third-order valence-electron chi connectivity index (χ3n) is 2.28. The molecule has 1 aromatic rings. The van der Waals surface area contributed by atoms with Gasteiger partial charge in [-0.05, 0) is 24.1 Å². The second-order valence-corrected chi connectivity index (χ2v) is 4.23. The highest BCUT2D eigenvalue weighted by atomic mass is 35.5. The first-order chi connectivity index (χ1) is 8.04. The van der Waals surface area contributed by atoms with E-state index in [-0.39, 0.29) is 6.10 Å². The van der Waals surface area contributed by atoms with Gasteiger partial charge in [0.15, 0.2) is 0 Å². The van der Waals surface area contributed by atoms with Gasteiger partial charge in [0.1, 0.15) is 0 Å². The summed E-state index contributed by atoms with van der Waals surface area (Å²) in [5.74, 6) is 0. The van der Waals surface area contributed by atoms with Crippen LogP contribution >= 0.6 is 23.2 Å². The Labute approximate surface area is 109 Å². The van der Waals surface area contributed by atoms with Crippen LogP contribution in [0.1, 0.15) is 18.1 Å². The van der Waals surface area contributed by atoms with Crippen LogP contribution in [-0.2, 0) is 4.74 Å². The Balaban J connectivity index is 2.65. The van der Waals surface area contributed by atoms with Crippen molar-refractivity contribution in [3.05, 3.63) is 33.8 Å². The first-order valence-corrected chi connectivity index (χ1v) is 5.74. The van der Waals surface area contributed by atoms with Crippen LogP contribution in [0.5, 0.6) is 0 Å². The van der Waals surface area contributed by atoms with Crippen molar-refractivity contribution in [3.63, 3.8) is 0 Å². The molecule has 1 rings (SSSR count). The number of ether oxygens (including phenoxy) is 1. The van der Waals surface area contributed by atoms with E-state index in [1.54, 1.807) is 19.2 Å². The first kappa shape index (κ1) is 14.1. The molecule has 0 heterocycles. The van der Waals surface area contributed by atoms with Gasteiger partial charge in [-0.1, -0.05) is 29.3 Å². The standard InChI is InChI=1S/C11H13Cl2NO3/c1-17-10(4-5-14-11(15)16)7-2-3-8(12)9(13)6-7/h2-3,6,10,14H,4-5H2,1H3,(H,15,16). The Bertz CT molecular complexity index is 398. The van der Waals surface area contributed by atoms with Crippen molar-refractivity contribution in [2.24, 2.45) is 0 Å². The fourth-order valence-corrected chi connectivity index (χ4v) is 1.75. The molecule has 0 spiro atoms. The molecule has 2 N–H and O–H groups in total.